The number of anilines is 2. The molecule has 1 aliphatic heterocycles. The van der Waals surface area contributed by atoms with Gasteiger partial charge in [0.1, 0.15) is 5.82 Å². The van der Waals surface area contributed by atoms with Gasteiger partial charge in [0, 0.05) is 31.0 Å². The Kier molecular flexibility index (Phi) is 6.29. The number of morpholine rings is 1. The molecule has 6 heteroatoms. The number of amides is 2. The van der Waals surface area contributed by atoms with Crippen LogP contribution in [-0.4, -0.2) is 37.9 Å². The molecule has 0 bridgehead atoms. The van der Waals surface area contributed by atoms with E-state index in [-0.39, 0.29) is 24.1 Å². The van der Waals surface area contributed by atoms with Crippen LogP contribution in [-0.2, 0) is 11.2 Å². The molecule has 1 aliphatic rings. The Balaban J connectivity index is 1.47. The van der Waals surface area contributed by atoms with E-state index in [1.807, 2.05) is 30.3 Å². The van der Waals surface area contributed by atoms with E-state index < -0.39 is 0 Å². The minimum atomic E-state index is -0.271. The van der Waals surface area contributed by atoms with Crippen LogP contribution in [0.2, 0.25) is 0 Å². The van der Waals surface area contributed by atoms with Crippen LogP contribution in [0.5, 0.6) is 0 Å². The second kappa shape index (κ2) is 8.86. The van der Waals surface area contributed by atoms with Gasteiger partial charge >= 0.3 is 6.03 Å². The molecule has 2 atom stereocenters. The van der Waals surface area contributed by atoms with E-state index >= 15 is 0 Å². The molecule has 1 heterocycles. The number of nitrogens with zero attached hydrogens (tertiary/aromatic N) is 1. The predicted molar refractivity (Wildman–Crippen MR) is 106 cm³/mol. The molecule has 2 amide bonds. The summed E-state index contributed by atoms with van der Waals surface area (Å²) >= 11 is 0. The van der Waals surface area contributed by atoms with Gasteiger partial charge in [0.2, 0.25) is 0 Å². The van der Waals surface area contributed by atoms with Crippen molar-refractivity contribution in [1.82, 2.24) is 5.32 Å². The van der Waals surface area contributed by atoms with Gasteiger partial charge in [-0.25, -0.2) is 9.18 Å². The summed E-state index contributed by atoms with van der Waals surface area (Å²) in [5, 5.41) is 5.61. The number of urea groups is 1. The molecule has 2 aromatic carbocycles. The fraction of sp³-hybridized carbons (Fsp3) is 0.381. The lowest BCUT2D eigenvalue weighted by atomic mass is 10.1. The lowest BCUT2D eigenvalue weighted by Crippen LogP contribution is -2.45. The molecule has 1 fully saturated rings. The molecule has 3 rings (SSSR count). The molecule has 0 aromatic heterocycles. The van der Waals surface area contributed by atoms with Crippen LogP contribution in [0.4, 0.5) is 20.6 Å². The Morgan fingerprint density at radius 2 is 1.85 bits per heavy atom. The van der Waals surface area contributed by atoms with E-state index in [4.69, 9.17) is 4.74 Å². The Morgan fingerprint density at radius 3 is 2.52 bits per heavy atom. The Morgan fingerprint density at radius 1 is 1.15 bits per heavy atom. The maximum atomic E-state index is 13.1. The average molecular weight is 371 g/mol. The van der Waals surface area contributed by atoms with E-state index in [0.717, 1.165) is 30.0 Å². The maximum Gasteiger partial charge on any atom is 0.319 e. The van der Waals surface area contributed by atoms with Crippen LogP contribution in [0.25, 0.3) is 0 Å². The highest BCUT2D eigenvalue weighted by Gasteiger charge is 2.22. The van der Waals surface area contributed by atoms with Crippen molar-refractivity contribution >= 4 is 17.4 Å². The SMILES string of the molecule is CC1CN(c2ccc(NC(=O)NCCc3cccc(F)c3)cc2)CC(C)O1. The standard InChI is InChI=1S/C21H26FN3O2/c1-15-13-25(14-16(2)27-15)20-8-6-19(7-9-20)24-21(26)23-11-10-17-4-3-5-18(22)12-17/h3-9,12,15-16H,10-11,13-14H2,1-2H3,(H2,23,24,26). The third kappa shape index (κ3) is 5.69. The van der Waals surface area contributed by atoms with Crippen LogP contribution >= 0.6 is 0 Å². The molecular weight excluding hydrogens is 345 g/mol. The first kappa shape index (κ1) is 19.2. The number of carbonyl (C=O) groups is 1. The molecule has 1 saturated heterocycles. The van der Waals surface area contributed by atoms with E-state index in [2.05, 4.69) is 29.4 Å². The van der Waals surface area contributed by atoms with Crippen molar-refractivity contribution in [3.05, 3.63) is 59.9 Å². The molecule has 0 spiro atoms. The van der Waals surface area contributed by atoms with Crippen molar-refractivity contribution in [2.75, 3.05) is 29.9 Å². The topological polar surface area (TPSA) is 53.6 Å². The summed E-state index contributed by atoms with van der Waals surface area (Å²) in [6, 6.07) is 13.9. The third-order valence-electron chi connectivity index (χ3n) is 4.50. The second-order valence-electron chi connectivity index (χ2n) is 6.97. The van der Waals surface area contributed by atoms with Gasteiger partial charge in [0.25, 0.3) is 0 Å². The van der Waals surface area contributed by atoms with Crippen LogP contribution in [0.15, 0.2) is 48.5 Å². The predicted octanol–water partition coefficient (Wildman–Crippen LogP) is 3.80. The summed E-state index contributed by atoms with van der Waals surface area (Å²) < 4.78 is 18.9. The molecule has 2 aromatic rings. The molecule has 0 radical (unpaired) electrons. The van der Waals surface area contributed by atoms with Crippen LogP contribution in [0.3, 0.4) is 0 Å². The highest BCUT2D eigenvalue weighted by Crippen LogP contribution is 2.22. The zero-order chi connectivity index (χ0) is 19.2. The summed E-state index contributed by atoms with van der Waals surface area (Å²) in [5.41, 5.74) is 2.71. The van der Waals surface area contributed by atoms with Crippen molar-refractivity contribution in [3.8, 4) is 0 Å². The fourth-order valence-corrected chi connectivity index (χ4v) is 3.33. The van der Waals surface area contributed by atoms with E-state index in [1.165, 1.54) is 12.1 Å². The smallest absolute Gasteiger partial charge is 0.319 e. The first-order chi connectivity index (χ1) is 13.0. The zero-order valence-corrected chi connectivity index (χ0v) is 15.7. The Labute approximate surface area is 159 Å². The van der Waals surface area contributed by atoms with Crippen molar-refractivity contribution in [3.63, 3.8) is 0 Å². The third-order valence-corrected chi connectivity index (χ3v) is 4.50. The van der Waals surface area contributed by atoms with Gasteiger partial charge in [-0.15, -0.1) is 0 Å². The minimum absolute atomic E-state index is 0.204. The monoisotopic (exact) mass is 371 g/mol. The van der Waals surface area contributed by atoms with Crippen molar-refractivity contribution < 1.29 is 13.9 Å². The molecule has 0 saturated carbocycles. The number of ether oxygens (including phenoxy) is 1. The molecule has 2 N–H and O–H groups in total. The lowest BCUT2D eigenvalue weighted by molar-refractivity contribution is -0.00521. The number of hydrogen-bond donors (Lipinski definition) is 2. The summed E-state index contributed by atoms with van der Waals surface area (Å²) in [6.45, 7) is 6.31. The van der Waals surface area contributed by atoms with Crippen molar-refractivity contribution in [1.29, 1.82) is 0 Å². The van der Waals surface area contributed by atoms with Crippen LogP contribution in [0, 0.1) is 5.82 Å². The van der Waals surface area contributed by atoms with Gasteiger partial charge in [-0.2, -0.15) is 0 Å². The number of benzene rings is 2. The number of rotatable bonds is 5. The fourth-order valence-electron chi connectivity index (χ4n) is 3.33. The molecule has 27 heavy (non-hydrogen) atoms. The van der Waals surface area contributed by atoms with Crippen LogP contribution in [0.1, 0.15) is 19.4 Å². The number of carbonyl (C=O) groups excluding carboxylic acids is 1. The van der Waals surface area contributed by atoms with Gasteiger partial charge in [-0.1, -0.05) is 12.1 Å². The molecular formula is C21H26FN3O2. The van der Waals surface area contributed by atoms with Gasteiger partial charge in [0.05, 0.1) is 12.2 Å². The second-order valence-corrected chi connectivity index (χ2v) is 6.97. The first-order valence-electron chi connectivity index (χ1n) is 9.29. The maximum absolute atomic E-state index is 13.1. The highest BCUT2D eigenvalue weighted by atomic mass is 19.1. The average Bonchev–Trinajstić information content (AvgIpc) is 2.61. The molecule has 144 valence electrons. The number of halogens is 1. The molecule has 0 aliphatic carbocycles. The minimum Gasteiger partial charge on any atom is -0.372 e. The summed E-state index contributed by atoms with van der Waals surface area (Å²) in [4.78, 5) is 14.3. The summed E-state index contributed by atoms with van der Waals surface area (Å²) in [7, 11) is 0. The quantitative estimate of drug-likeness (QED) is 0.840. The Hall–Kier alpha value is -2.60. The van der Waals surface area contributed by atoms with E-state index in [1.54, 1.807) is 6.07 Å². The number of nitrogens with one attached hydrogen (secondary N) is 2. The van der Waals surface area contributed by atoms with Crippen molar-refractivity contribution in [2.45, 2.75) is 32.5 Å². The Bertz CT molecular complexity index is 756. The van der Waals surface area contributed by atoms with Crippen LogP contribution < -0.4 is 15.5 Å². The normalized spacial score (nSPS) is 19.6. The summed E-state index contributed by atoms with van der Waals surface area (Å²) in [5.74, 6) is -0.263. The van der Waals surface area contributed by atoms with E-state index in [0.29, 0.717) is 13.0 Å². The summed E-state index contributed by atoms with van der Waals surface area (Å²) in [6.07, 6.45) is 0.989. The van der Waals surface area contributed by atoms with Gasteiger partial charge < -0.3 is 20.3 Å². The molecule has 2 unspecified atom stereocenters. The highest BCUT2D eigenvalue weighted by molar-refractivity contribution is 5.89. The van der Waals surface area contributed by atoms with Crippen molar-refractivity contribution in [2.24, 2.45) is 0 Å². The molecule has 5 nitrogen and oxygen atoms in total. The lowest BCUT2D eigenvalue weighted by Gasteiger charge is -2.36. The zero-order valence-electron chi connectivity index (χ0n) is 15.7. The van der Waals surface area contributed by atoms with Gasteiger partial charge in [-0.05, 0) is 62.2 Å². The van der Waals surface area contributed by atoms with Gasteiger partial charge in [-0.3, -0.25) is 0 Å². The largest absolute Gasteiger partial charge is 0.372 e. The first-order valence-corrected chi connectivity index (χ1v) is 9.29. The van der Waals surface area contributed by atoms with E-state index in [9.17, 15) is 9.18 Å². The van der Waals surface area contributed by atoms with Gasteiger partial charge in [0.15, 0.2) is 0 Å². The number of hydrogen-bond acceptors (Lipinski definition) is 3.